The van der Waals surface area contributed by atoms with Gasteiger partial charge in [-0.05, 0) is 29.8 Å². The number of halogens is 1. The van der Waals surface area contributed by atoms with Crippen molar-refractivity contribution in [1.29, 1.82) is 0 Å². The topological polar surface area (TPSA) is 94.7 Å². The molecule has 4 aromatic rings. The number of anilines is 1. The molecule has 0 spiro atoms. The highest BCUT2D eigenvalue weighted by Gasteiger charge is 2.12. The van der Waals surface area contributed by atoms with Crippen molar-refractivity contribution >= 4 is 34.2 Å². The Bertz CT molecular complexity index is 1200. The first kappa shape index (κ1) is 17.9. The smallest absolute Gasteiger partial charge is 0.278 e. The maximum atomic E-state index is 12.5. The van der Waals surface area contributed by atoms with Crippen LogP contribution in [-0.2, 0) is 17.9 Å². The fraction of sp³-hybridized carbons (Fsp3) is 0.105. The lowest BCUT2D eigenvalue weighted by atomic mass is 10.2. The minimum atomic E-state index is -0.399. The van der Waals surface area contributed by atoms with Gasteiger partial charge in [0.25, 0.3) is 5.56 Å². The molecule has 0 saturated carbocycles. The molecule has 4 rings (SSSR count). The molecule has 0 aliphatic heterocycles. The normalized spacial score (nSPS) is 10.9. The maximum Gasteiger partial charge on any atom is 0.278 e. The van der Waals surface area contributed by atoms with Crippen LogP contribution in [0.2, 0.25) is 5.02 Å². The molecule has 9 heteroatoms. The Morgan fingerprint density at radius 1 is 1.04 bits per heavy atom. The summed E-state index contributed by atoms with van der Waals surface area (Å²) in [6.07, 6.45) is 1.59. The van der Waals surface area contributed by atoms with Gasteiger partial charge in [0.1, 0.15) is 17.9 Å². The zero-order valence-electron chi connectivity index (χ0n) is 14.6. The van der Waals surface area contributed by atoms with E-state index in [9.17, 15) is 9.59 Å². The van der Waals surface area contributed by atoms with Crippen molar-refractivity contribution in [1.82, 2.24) is 24.8 Å². The van der Waals surface area contributed by atoms with Crippen molar-refractivity contribution in [2.75, 3.05) is 5.32 Å². The summed E-state index contributed by atoms with van der Waals surface area (Å²) in [7, 11) is 0. The zero-order chi connectivity index (χ0) is 19.5. The molecule has 2 aromatic carbocycles. The van der Waals surface area contributed by atoms with Crippen LogP contribution >= 0.6 is 11.6 Å². The van der Waals surface area contributed by atoms with E-state index in [4.69, 9.17) is 11.6 Å². The van der Waals surface area contributed by atoms with E-state index in [1.54, 1.807) is 53.3 Å². The predicted molar refractivity (Wildman–Crippen MR) is 105 cm³/mol. The second kappa shape index (κ2) is 7.61. The van der Waals surface area contributed by atoms with Crippen LogP contribution in [0.15, 0.2) is 65.6 Å². The lowest BCUT2D eigenvalue weighted by molar-refractivity contribution is -0.117. The van der Waals surface area contributed by atoms with Gasteiger partial charge in [-0.1, -0.05) is 41.1 Å². The summed E-state index contributed by atoms with van der Waals surface area (Å²) in [5, 5.41) is 15.9. The molecular weight excluding hydrogens is 380 g/mol. The number of nitrogens with zero attached hydrogens (tertiary/aromatic N) is 5. The SMILES string of the molecule is O=C(Cn1nnc2ccccc2c1=O)Nc1ccnn1Cc1ccc(Cl)cc1. The molecule has 28 heavy (non-hydrogen) atoms. The molecule has 8 nitrogen and oxygen atoms in total. The molecule has 2 aromatic heterocycles. The van der Waals surface area contributed by atoms with Gasteiger partial charge < -0.3 is 5.32 Å². The second-order valence-corrected chi connectivity index (χ2v) is 6.55. The molecule has 2 heterocycles. The molecule has 0 radical (unpaired) electrons. The molecule has 0 fully saturated rings. The number of fused-ring (bicyclic) bond motifs is 1. The van der Waals surface area contributed by atoms with Gasteiger partial charge in [-0.25, -0.2) is 9.36 Å². The fourth-order valence-electron chi connectivity index (χ4n) is 2.77. The average molecular weight is 395 g/mol. The van der Waals surface area contributed by atoms with Crippen molar-refractivity contribution in [3.8, 4) is 0 Å². The van der Waals surface area contributed by atoms with E-state index in [0.717, 1.165) is 10.2 Å². The highest BCUT2D eigenvalue weighted by Crippen LogP contribution is 2.13. The van der Waals surface area contributed by atoms with E-state index in [2.05, 4.69) is 20.7 Å². The lowest BCUT2D eigenvalue weighted by Crippen LogP contribution is -2.31. The largest absolute Gasteiger partial charge is 0.309 e. The third kappa shape index (κ3) is 3.77. The number of carbonyl (C=O) groups is 1. The van der Waals surface area contributed by atoms with Crippen LogP contribution in [0.25, 0.3) is 10.9 Å². The Hall–Kier alpha value is -3.52. The van der Waals surface area contributed by atoms with E-state index in [1.807, 2.05) is 12.1 Å². The summed E-state index contributed by atoms with van der Waals surface area (Å²) in [4.78, 5) is 24.9. The van der Waals surface area contributed by atoms with Crippen molar-refractivity contribution in [2.24, 2.45) is 0 Å². The van der Waals surface area contributed by atoms with Crippen LogP contribution in [0.5, 0.6) is 0 Å². The number of hydrogen-bond donors (Lipinski definition) is 1. The van der Waals surface area contributed by atoms with Crippen molar-refractivity contribution < 1.29 is 4.79 Å². The number of aromatic nitrogens is 5. The fourth-order valence-corrected chi connectivity index (χ4v) is 2.90. The van der Waals surface area contributed by atoms with Gasteiger partial charge in [0.15, 0.2) is 0 Å². The minimum Gasteiger partial charge on any atom is -0.309 e. The van der Waals surface area contributed by atoms with E-state index < -0.39 is 5.91 Å². The van der Waals surface area contributed by atoms with Crippen LogP contribution < -0.4 is 10.9 Å². The zero-order valence-corrected chi connectivity index (χ0v) is 15.4. The van der Waals surface area contributed by atoms with E-state index in [1.165, 1.54) is 0 Å². The first-order chi connectivity index (χ1) is 13.6. The standard InChI is InChI=1S/C19H15ClN6O2/c20-14-7-5-13(6-8-14)11-25-17(9-10-21-25)22-18(27)12-26-19(28)15-3-1-2-4-16(15)23-24-26/h1-10H,11-12H2,(H,22,27). The summed E-state index contributed by atoms with van der Waals surface area (Å²) in [6.45, 7) is 0.221. The van der Waals surface area contributed by atoms with Crippen LogP contribution in [0.3, 0.4) is 0 Å². The third-order valence-electron chi connectivity index (χ3n) is 4.15. The van der Waals surface area contributed by atoms with Crippen molar-refractivity contribution in [2.45, 2.75) is 13.1 Å². The van der Waals surface area contributed by atoms with E-state index in [0.29, 0.717) is 28.3 Å². The first-order valence-corrected chi connectivity index (χ1v) is 8.86. The number of benzene rings is 2. The van der Waals surface area contributed by atoms with Crippen LogP contribution in [0.1, 0.15) is 5.56 Å². The first-order valence-electron chi connectivity index (χ1n) is 8.49. The Balaban J connectivity index is 1.49. The van der Waals surface area contributed by atoms with Crippen LogP contribution in [-0.4, -0.2) is 30.7 Å². The highest BCUT2D eigenvalue weighted by molar-refractivity contribution is 6.30. The number of carbonyl (C=O) groups excluding carboxylic acids is 1. The van der Waals surface area contributed by atoms with Gasteiger partial charge in [0, 0.05) is 11.1 Å². The summed E-state index contributed by atoms with van der Waals surface area (Å²) in [5.41, 5.74) is 1.11. The van der Waals surface area contributed by atoms with Gasteiger partial charge in [0.05, 0.1) is 18.1 Å². The maximum absolute atomic E-state index is 12.5. The van der Waals surface area contributed by atoms with Gasteiger partial charge in [-0.15, -0.1) is 5.10 Å². The summed E-state index contributed by atoms with van der Waals surface area (Å²) in [6, 6.07) is 15.9. The summed E-state index contributed by atoms with van der Waals surface area (Å²) < 4.78 is 2.69. The number of amides is 1. The molecule has 140 valence electrons. The van der Waals surface area contributed by atoms with Crippen molar-refractivity contribution in [3.63, 3.8) is 0 Å². The third-order valence-corrected chi connectivity index (χ3v) is 4.40. The monoisotopic (exact) mass is 394 g/mol. The quantitative estimate of drug-likeness (QED) is 0.560. The molecule has 0 bridgehead atoms. The van der Waals surface area contributed by atoms with Crippen LogP contribution in [0, 0.1) is 0 Å². The molecule has 0 unspecified atom stereocenters. The Morgan fingerprint density at radius 2 is 1.82 bits per heavy atom. The van der Waals surface area contributed by atoms with E-state index >= 15 is 0 Å². The molecule has 0 atom stereocenters. The molecule has 0 aliphatic rings. The summed E-state index contributed by atoms with van der Waals surface area (Å²) >= 11 is 5.90. The van der Waals surface area contributed by atoms with Gasteiger partial charge in [-0.2, -0.15) is 5.10 Å². The predicted octanol–water partition coefficient (Wildman–Crippen LogP) is 2.33. The Morgan fingerprint density at radius 3 is 2.64 bits per heavy atom. The number of hydrogen-bond acceptors (Lipinski definition) is 5. The molecule has 1 amide bonds. The number of nitrogens with one attached hydrogen (secondary N) is 1. The number of rotatable bonds is 5. The average Bonchev–Trinajstić information content (AvgIpc) is 3.12. The molecular formula is C19H15ClN6O2. The van der Waals surface area contributed by atoms with Crippen LogP contribution in [0.4, 0.5) is 5.82 Å². The molecule has 0 aliphatic carbocycles. The van der Waals surface area contributed by atoms with Gasteiger partial charge in [-0.3, -0.25) is 9.59 Å². The second-order valence-electron chi connectivity index (χ2n) is 6.12. The Kier molecular flexibility index (Phi) is 4.86. The Labute approximate surface area is 164 Å². The molecule has 0 saturated heterocycles. The van der Waals surface area contributed by atoms with Gasteiger partial charge in [0.2, 0.25) is 5.91 Å². The summed E-state index contributed by atoms with van der Waals surface area (Å²) in [5.74, 6) is 0.117. The van der Waals surface area contributed by atoms with Crippen molar-refractivity contribution in [3.05, 3.63) is 81.7 Å². The lowest BCUT2D eigenvalue weighted by Gasteiger charge is -2.10. The van der Waals surface area contributed by atoms with Gasteiger partial charge >= 0.3 is 0 Å². The molecule has 1 N–H and O–H groups in total. The highest BCUT2D eigenvalue weighted by atomic mass is 35.5. The minimum absolute atomic E-state index is 0.247. The van der Waals surface area contributed by atoms with E-state index in [-0.39, 0.29) is 12.1 Å².